The van der Waals surface area contributed by atoms with Crippen LogP contribution in [0.2, 0.25) is 5.02 Å². The number of hydrogen-bond acceptors (Lipinski definition) is 4. The maximum Gasteiger partial charge on any atom is 0.205 e. The van der Waals surface area contributed by atoms with E-state index < -0.39 is 0 Å². The lowest BCUT2D eigenvalue weighted by atomic mass is 10.2. The van der Waals surface area contributed by atoms with Gasteiger partial charge in [0, 0.05) is 16.5 Å². The minimum absolute atomic E-state index is 0.669. The third-order valence-electron chi connectivity index (χ3n) is 3.67. The normalized spacial score (nSPS) is 10.9. The molecular formula is C19H14ClN3OS. The Bertz CT molecular complexity index is 950. The second-order valence-electron chi connectivity index (χ2n) is 5.37. The van der Waals surface area contributed by atoms with E-state index in [0.29, 0.717) is 16.6 Å². The van der Waals surface area contributed by atoms with Gasteiger partial charge < -0.3 is 4.42 Å². The highest BCUT2D eigenvalue weighted by Gasteiger charge is 2.18. The predicted octanol–water partition coefficient (Wildman–Crippen LogP) is 5.47. The summed E-state index contributed by atoms with van der Waals surface area (Å²) in [5, 5.41) is 10.2. The van der Waals surface area contributed by atoms with Gasteiger partial charge in [0.15, 0.2) is 10.9 Å². The number of furan rings is 1. The molecule has 0 unspecified atom stereocenters. The van der Waals surface area contributed by atoms with Gasteiger partial charge in [0.05, 0.1) is 6.26 Å². The Morgan fingerprint density at radius 2 is 1.72 bits per heavy atom. The zero-order valence-corrected chi connectivity index (χ0v) is 14.7. The number of hydrogen-bond donors (Lipinski definition) is 0. The van der Waals surface area contributed by atoms with Gasteiger partial charge in [0.25, 0.3) is 0 Å². The second-order valence-corrected chi connectivity index (χ2v) is 6.75. The van der Waals surface area contributed by atoms with Crippen molar-refractivity contribution in [3.63, 3.8) is 0 Å². The number of nitrogens with zero attached hydrogens (tertiary/aromatic N) is 3. The highest BCUT2D eigenvalue weighted by atomic mass is 35.5. The topological polar surface area (TPSA) is 43.9 Å². The van der Waals surface area contributed by atoms with Gasteiger partial charge >= 0.3 is 0 Å². The number of rotatable bonds is 5. The third kappa shape index (κ3) is 3.48. The highest BCUT2D eigenvalue weighted by molar-refractivity contribution is 7.98. The Hall–Kier alpha value is -2.50. The quantitative estimate of drug-likeness (QED) is 0.438. The lowest BCUT2D eigenvalue weighted by molar-refractivity contribution is 0.575. The lowest BCUT2D eigenvalue weighted by Gasteiger charge is -2.09. The maximum absolute atomic E-state index is 6.03. The zero-order valence-electron chi connectivity index (χ0n) is 13.2. The van der Waals surface area contributed by atoms with Crippen LogP contribution >= 0.6 is 23.4 Å². The molecule has 0 aliphatic heterocycles. The van der Waals surface area contributed by atoms with Crippen LogP contribution in [0.1, 0.15) is 5.56 Å². The molecule has 0 spiro atoms. The fraction of sp³-hybridized carbons (Fsp3) is 0.0526. The van der Waals surface area contributed by atoms with E-state index >= 15 is 0 Å². The van der Waals surface area contributed by atoms with Gasteiger partial charge in [-0.2, -0.15) is 0 Å². The van der Waals surface area contributed by atoms with Crippen molar-refractivity contribution in [1.82, 2.24) is 14.8 Å². The van der Waals surface area contributed by atoms with Crippen LogP contribution in [0.15, 0.2) is 82.6 Å². The molecule has 2 aromatic heterocycles. The molecule has 0 fully saturated rings. The van der Waals surface area contributed by atoms with Crippen molar-refractivity contribution < 1.29 is 4.42 Å². The van der Waals surface area contributed by atoms with Crippen molar-refractivity contribution in [1.29, 1.82) is 0 Å². The Kier molecular flexibility index (Phi) is 4.59. The van der Waals surface area contributed by atoms with E-state index in [-0.39, 0.29) is 0 Å². The maximum atomic E-state index is 6.03. The molecule has 25 heavy (non-hydrogen) atoms. The molecule has 2 aromatic carbocycles. The molecule has 0 saturated heterocycles. The summed E-state index contributed by atoms with van der Waals surface area (Å²) in [6.45, 7) is 0. The minimum Gasteiger partial charge on any atom is -0.461 e. The van der Waals surface area contributed by atoms with E-state index in [1.807, 2.05) is 59.2 Å². The van der Waals surface area contributed by atoms with Crippen LogP contribution in [0.25, 0.3) is 17.3 Å². The van der Waals surface area contributed by atoms with Gasteiger partial charge in [-0.25, -0.2) is 0 Å². The molecule has 0 atom stereocenters. The molecule has 2 heterocycles. The summed E-state index contributed by atoms with van der Waals surface area (Å²) in [6.07, 6.45) is 1.63. The molecule has 0 aliphatic rings. The monoisotopic (exact) mass is 367 g/mol. The van der Waals surface area contributed by atoms with Crippen molar-refractivity contribution in [3.05, 3.63) is 83.6 Å². The van der Waals surface area contributed by atoms with Crippen LogP contribution in [0, 0.1) is 0 Å². The van der Waals surface area contributed by atoms with Crippen LogP contribution in [-0.4, -0.2) is 14.8 Å². The molecule has 0 saturated carbocycles. The molecule has 124 valence electrons. The van der Waals surface area contributed by atoms with E-state index in [1.54, 1.807) is 18.0 Å². The molecule has 0 N–H and O–H groups in total. The van der Waals surface area contributed by atoms with Gasteiger partial charge in [-0.05, 0) is 42.0 Å². The summed E-state index contributed by atoms with van der Waals surface area (Å²) in [7, 11) is 0. The third-order valence-corrected chi connectivity index (χ3v) is 4.92. The number of benzene rings is 2. The minimum atomic E-state index is 0.669. The Balaban J connectivity index is 1.72. The van der Waals surface area contributed by atoms with Gasteiger partial charge in [0.1, 0.15) is 0 Å². The van der Waals surface area contributed by atoms with Crippen LogP contribution in [0.3, 0.4) is 0 Å². The van der Waals surface area contributed by atoms with Crippen LogP contribution in [-0.2, 0) is 5.75 Å². The van der Waals surface area contributed by atoms with E-state index in [1.165, 1.54) is 5.56 Å². The van der Waals surface area contributed by atoms with Crippen molar-refractivity contribution in [2.75, 3.05) is 0 Å². The van der Waals surface area contributed by atoms with E-state index in [2.05, 4.69) is 22.3 Å². The van der Waals surface area contributed by atoms with Crippen LogP contribution in [0.4, 0.5) is 0 Å². The van der Waals surface area contributed by atoms with Gasteiger partial charge in [-0.3, -0.25) is 4.57 Å². The smallest absolute Gasteiger partial charge is 0.205 e. The van der Waals surface area contributed by atoms with E-state index in [9.17, 15) is 0 Å². The molecule has 4 aromatic rings. The standard InChI is InChI=1S/C19H14ClN3OS/c20-15-8-10-16(11-9-15)23-18(17-7-4-12-24-17)21-22-19(23)25-13-14-5-2-1-3-6-14/h1-12H,13H2. The fourth-order valence-electron chi connectivity index (χ4n) is 2.47. The summed E-state index contributed by atoms with van der Waals surface area (Å²) in [5.41, 5.74) is 2.18. The number of halogens is 1. The summed E-state index contributed by atoms with van der Waals surface area (Å²) >= 11 is 7.66. The summed E-state index contributed by atoms with van der Waals surface area (Å²) < 4.78 is 7.51. The lowest BCUT2D eigenvalue weighted by Crippen LogP contribution is -1.99. The Labute approximate surface area is 154 Å². The first-order valence-corrected chi connectivity index (χ1v) is 9.09. The van der Waals surface area contributed by atoms with Gasteiger partial charge in [0.2, 0.25) is 5.82 Å². The first-order chi connectivity index (χ1) is 12.3. The van der Waals surface area contributed by atoms with Crippen molar-refractivity contribution >= 4 is 23.4 Å². The average Bonchev–Trinajstić information content (AvgIpc) is 3.31. The van der Waals surface area contributed by atoms with Gasteiger partial charge in [-0.1, -0.05) is 53.7 Å². The first-order valence-electron chi connectivity index (χ1n) is 7.73. The van der Waals surface area contributed by atoms with Crippen molar-refractivity contribution in [2.45, 2.75) is 10.9 Å². The molecule has 4 nitrogen and oxygen atoms in total. The molecular weight excluding hydrogens is 354 g/mol. The molecule has 0 aliphatic carbocycles. The van der Waals surface area contributed by atoms with Gasteiger partial charge in [-0.15, -0.1) is 10.2 Å². The first kappa shape index (κ1) is 16.0. The second kappa shape index (κ2) is 7.17. The zero-order chi connectivity index (χ0) is 17.1. The van der Waals surface area contributed by atoms with E-state index in [0.717, 1.165) is 16.6 Å². The average molecular weight is 368 g/mol. The summed E-state index contributed by atoms with van der Waals surface area (Å²) in [6, 6.07) is 21.6. The van der Waals surface area contributed by atoms with Crippen molar-refractivity contribution in [2.24, 2.45) is 0 Å². The summed E-state index contributed by atoms with van der Waals surface area (Å²) in [5.74, 6) is 2.15. The fourth-order valence-corrected chi connectivity index (χ4v) is 3.51. The SMILES string of the molecule is Clc1ccc(-n2c(SCc3ccccc3)nnc2-c2ccco2)cc1. The van der Waals surface area contributed by atoms with Crippen molar-refractivity contribution in [3.8, 4) is 17.3 Å². The summed E-state index contributed by atoms with van der Waals surface area (Å²) in [4.78, 5) is 0. The molecule has 4 rings (SSSR count). The predicted molar refractivity (Wildman–Crippen MR) is 100 cm³/mol. The number of aromatic nitrogens is 3. The largest absolute Gasteiger partial charge is 0.461 e. The Morgan fingerprint density at radius 1 is 0.920 bits per heavy atom. The molecule has 0 amide bonds. The molecule has 0 bridgehead atoms. The molecule has 0 radical (unpaired) electrons. The Morgan fingerprint density at radius 3 is 2.44 bits per heavy atom. The van der Waals surface area contributed by atoms with Crippen LogP contribution in [0.5, 0.6) is 0 Å². The highest BCUT2D eigenvalue weighted by Crippen LogP contribution is 2.30. The van der Waals surface area contributed by atoms with Crippen LogP contribution < -0.4 is 0 Å². The van der Waals surface area contributed by atoms with E-state index in [4.69, 9.17) is 16.0 Å². The number of thioether (sulfide) groups is 1. The molecule has 6 heteroatoms.